The van der Waals surface area contributed by atoms with Crippen LogP contribution in [0.25, 0.3) is 11.3 Å². The zero-order valence-electron chi connectivity index (χ0n) is 21.3. The van der Waals surface area contributed by atoms with Crippen molar-refractivity contribution in [1.82, 2.24) is 15.2 Å². The van der Waals surface area contributed by atoms with Gasteiger partial charge in [-0.1, -0.05) is 43.5 Å². The smallest absolute Gasteiger partial charge is 0.253 e. The van der Waals surface area contributed by atoms with Crippen molar-refractivity contribution in [3.05, 3.63) is 149 Å². The van der Waals surface area contributed by atoms with Gasteiger partial charge in [0.2, 0.25) is 0 Å². The molecule has 2 aromatic carbocycles. The molecule has 5 rings (SSSR count). The Bertz CT molecular complexity index is 1590. The van der Waals surface area contributed by atoms with E-state index in [-0.39, 0.29) is 18.2 Å². The third kappa shape index (κ3) is 5.57. The minimum Gasteiger partial charge on any atom is -0.508 e. The van der Waals surface area contributed by atoms with Crippen molar-refractivity contribution >= 4 is 17.2 Å². The fourth-order valence-electron chi connectivity index (χ4n) is 4.72. The number of benzene rings is 2. The van der Waals surface area contributed by atoms with Gasteiger partial charge in [0.25, 0.3) is 5.91 Å². The first-order valence-corrected chi connectivity index (χ1v) is 12.5. The Morgan fingerprint density at radius 3 is 2.74 bits per heavy atom. The van der Waals surface area contributed by atoms with E-state index in [4.69, 9.17) is 0 Å². The maximum Gasteiger partial charge on any atom is 0.253 e. The van der Waals surface area contributed by atoms with Gasteiger partial charge in [-0.2, -0.15) is 0 Å². The van der Waals surface area contributed by atoms with Crippen LogP contribution in [0.15, 0.2) is 104 Å². The number of aromatic nitrogens is 1. The van der Waals surface area contributed by atoms with Crippen LogP contribution in [0.1, 0.15) is 39.9 Å². The van der Waals surface area contributed by atoms with Gasteiger partial charge in [0.1, 0.15) is 5.76 Å². The van der Waals surface area contributed by atoms with Crippen LogP contribution in [0, 0.1) is 11.6 Å². The van der Waals surface area contributed by atoms with Crippen molar-refractivity contribution in [2.75, 3.05) is 0 Å². The standard InChI is InChI=1S/C32H27F2N3O2/c1-20-26(9-5-13-37(20)19-23-11-12-29(33)30(34)15-23)32(39)36-17-22-6-3-7-24(14-22)27-8-4-10-31-28(27)16-25(18-35-31)21(2)38/h3,5-9,11-16,18,38H,1-2,4,10,17,19H2,(H,36,39). The van der Waals surface area contributed by atoms with Crippen LogP contribution < -0.4 is 5.32 Å². The number of aliphatic hydroxyl groups excluding tert-OH is 1. The van der Waals surface area contributed by atoms with Crippen molar-refractivity contribution in [3.8, 4) is 0 Å². The molecule has 2 aliphatic rings. The zero-order valence-corrected chi connectivity index (χ0v) is 21.3. The third-order valence-corrected chi connectivity index (χ3v) is 6.78. The van der Waals surface area contributed by atoms with Gasteiger partial charge in [0.15, 0.2) is 11.6 Å². The molecular formula is C32H27F2N3O2. The second-order valence-electron chi connectivity index (χ2n) is 9.45. The zero-order chi connectivity index (χ0) is 27.5. The van der Waals surface area contributed by atoms with Crippen molar-refractivity contribution in [3.63, 3.8) is 0 Å². The number of nitrogens with one attached hydrogen (secondary N) is 1. The van der Waals surface area contributed by atoms with Gasteiger partial charge >= 0.3 is 0 Å². The Hall–Kier alpha value is -4.78. The highest BCUT2D eigenvalue weighted by Crippen LogP contribution is 2.32. The predicted molar refractivity (Wildman–Crippen MR) is 148 cm³/mol. The van der Waals surface area contributed by atoms with Gasteiger partial charge in [0.05, 0.1) is 5.57 Å². The van der Waals surface area contributed by atoms with E-state index < -0.39 is 11.6 Å². The van der Waals surface area contributed by atoms with E-state index in [0.717, 1.165) is 52.9 Å². The summed E-state index contributed by atoms with van der Waals surface area (Å²) in [7, 11) is 0. The molecular weight excluding hydrogens is 496 g/mol. The molecule has 0 unspecified atom stereocenters. The average Bonchev–Trinajstić information content (AvgIpc) is 2.94. The lowest BCUT2D eigenvalue weighted by molar-refractivity contribution is -0.117. The number of hydrogen-bond donors (Lipinski definition) is 2. The summed E-state index contributed by atoms with van der Waals surface area (Å²) >= 11 is 0. The summed E-state index contributed by atoms with van der Waals surface area (Å²) in [5, 5.41) is 12.8. The lowest BCUT2D eigenvalue weighted by Gasteiger charge is -2.27. The van der Waals surface area contributed by atoms with Gasteiger partial charge in [0, 0.05) is 48.0 Å². The first-order chi connectivity index (χ1) is 18.8. The van der Waals surface area contributed by atoms with Gasteiger partial charge in [-0.25, -0.2) is 8.78 Å². The molecule has 196 valence electrons. The summed E-state index contributed by atoms with van der Waals surface area (Å²) in [4.78, 5) is 19.3. The molecule has 2 N–H and O–H groups in total. The molecule has 1 aliphatic heterocycles. The van der Waals surface area contributed by atoms with E-state index in [1.165, 1.54) is 6.07 Å². The summed E-state index contributed by atoms with van der Waals surface area (Å²) in [6.45, 7) is 8.21. The SMILES string of the molecule is C=C(O)c1cnc2c(c1)C(c1cccc(CNC(=O)C3=CC=CN(Cc4ccc(F)c(F)c4)C3=C)c1)=CCC2. The van der Waals surface area contributed by atoms with Crippen LogP contribution in [0.2, 0.25) is 0 Å². The summed E-state index contributed by atoms with van der Waals surface area (Å²) in [6.07, 6.45) is 10.6. The van der Waals surface area contributed by atoms with E-state index in [0.29, 0.717) is 28.9 Å². The van der Waals surface area contributed by atoms with Crippen LogP contribution >= 0.6 is 0 Å². The topological polar surface area (TPSA) is 65.5 Å². The Morgan fingerprint density at radius 2 is 1.95 bits per heavy atom. The average molecular weight is 524 g/mol. The van der Waals surface area contributed by atoms with Crippen molar-refractivity contribution in [2.24, 2.45) is 0 Å². The molecule has 2 heterocycles. The monoisotopic (exact) mass is 523 g/mol. The summed E-state index contributed by atoms with van der Waals surface area (Å²) in [5.41, 5.74) is 6.87. The lowest BCUT2D eigenvalue weighted by atomic mass is 9.88. The van der Waals surface area contributed by atoms with E-state index in [1.807, 2.05) is 30.3 Å². The molecule has 0 fully saturated rings. The minimum atomic E-state index is -0.919. The highest BCUT2D eigenvalue weighted by molar-refractivity contribution is 5.98. The quantitative estimate of drug-likeness (QED) is 0.354. The molecule has 0 bridgehead atoms. The minimum absolute atomic E-state index is 0.0245. The number of carbonyl (C=O) groups excluding carboxylic acids is 1. The molecule has 1 aliphatic carbocycles. The molecule has 7 heteroatoms. The van der Waals surface area contributed by atoms with Crippen LogP contribution in [0.5, 0.6) is 0 Å². The van der Waals surface area contributed by atoms with Crippen LogP contribution in [0.3, 0.4) is 0 Å². The van der Waals surface area contributed by atoms with Crippen LogP contribution in [-0.4, -0.2) is 20.9 Å². The molecule has 0 spiro atoms. The summed E-state index contributed by atoms with van der Waals surface area (Å²) < 4.78 is 26.9. The molecule has 0 atom stereocenters. The highest BCUT2D eigenvalue weighted by atomic mass is 19.2. The molecule has 39 heavy (non-hydrogen) atoms. The number of nitrogens with zero attached hydrogens (tertiary/aromatic N) is 2. The fraction of sp³-hybridized carbons (Fsp3) is 0.125. The first kappa shape index (κ1) is 25.9. The molecule has 0 saturated heterocycles. The van der Waals surface area contributed by atoms with Crippen LogP contribution in [0.4, 0.5) is 8.78 Å². The predicted octanol–water partition coefficient (Wildman–Crippen LogP) is 6.35. The molecule has 1 amide bonds. The van der Waals surface area contributed by atoms with Crippen molar-refractivity contribution in [1.29, 1.82) is 0 Å². The van der Waals surface area contributed by atoms with E-state index in [2.05, 4.69) is 29.5 Å². The maximum absolute atomic E-state index is 13.6. The molecule has 3 aromatic rings. The number of rotatable bonds is 7. The van der Waals surface area contributed by atoms with Gasteiger partial charge < -0.3 is 15.3 Å². The second kappa shape index (κ2) is 10.9. The number of allylic oxidation sites excluding steroid dienone is 3. The molecule has 1 aromatic heterocycles. The number of carbonyl (C=O) groups is 1. The number of hydrogen-bond acceptors (Lipinski definition) is 4. The number of aliphatic hydroxyl groups is 1. The van der Waals surface area contributed by atoms with Crippen molar-refractivity contribution in [2.45, 2.75) is 25.9 Å². The number of aryl methyl sites for hydroxylation is 1. The Kier molecular flexibility index (Phi) is 7.23. The highest BCUT2D eigenvalue weighted by Gasteiger charge is 2.21. The van der Waals surface area contributed by atoms with Gasteiger partial charge in [-0.3, -0.25) is 9.78 Å². The maximum atomic E-state index is 13.6. The van der Waals surface area contributed by atoms with E-state index in [1.54, 1.807) is 29.4 Å². The van der Waals surface area contributed by atoms with E-state index >= 15 is 0 Å². The fourth-order valence-corrected chi connectivity index (χ4v) is 4.72. The number of fused-ring (bicyclic) bond motifs is 1. The largest absolute Gasteiger partial charge is 0.508 e. The number of amides is 1. The molecule has 0 saturated carbocycles. The summed E-state index contributed by atoms with van der Waals surface area (Å²) in [6, 6.07) is 13.6. The Morgan fingerprint density at radius 1 is 1.10 bits per heavy atom. The third-order valence-electron chi connectivity index (χ3n) is 6.78. The first-order valence-electron chi connectivity index (χ1n) is 12.5. The number of halogens is 2. The lowest BCUT2D eigenvalue weighted by Crippen LogP contribution is -2.30. The molecule has 5 nitrogen and oxygen atoms in total. The van der Waals surface area contributed by atoms with E-state index in [9.17, 15) is 18.7 Å². The van der Waals surface area contributed by atoms with Gasteiger partial charge in [-0.15, -0.1) is 0 Å². The van der Waals surface area contributed by atoms with Crippen LogP contribution in [-0.2, 0) is 24.3 Å². The Balaban J connectivity index is 1.27. The Labute approximate surface area is 225 Å². The number of pyridine rings is 1. The normalized spacial score (nSPS) is 14.4. The van der Waals surface area contributed by atoms with Gasteiger partial charge in [-0.05, 0) is 71.5 Å². The molecule has 0 radical (unpaired) electrons. The second-order valence-corrected chi connectivity index (χ2v) is 9.45. The summed E-state index contributed by atoms with van der Waals surface area (Å²) in [5.74, 6) is -2.14. The van der Waals surface area contributed by atoms with Crippen molar-refractivity contribution < 1.29 is 18.7 Å².